The molecule has 2 heterocycles. The second kappa shape index (κ2) is 15.8. The van der Waals surface area contributed by atoms with E-state index in [0.717, 1.165) is 41.7 Å². The smallest absolute Gasteiger partial charge is 0.410 e. The predicted octanol–water partition coefficient (Wildman–Crippen LogP) is 8.87. The van der Waals surface area contributed by atoms with E-state index in [0.29, 0.717) is 6.54 Å². The molecule has 0 unspecified atom stereocenters. The first-order valence-electron chi connectivity index (χ1n) is 16.4. The minimum Gasteiger partial charge on any atom is -0.445 e. The molecule has 1 N–H and O–H groups in total. The van der Waals surface area contributed by atoms with Crippen LogP contribution < -0.4 is 5.32 Å². The van der Waals surface area contributed by atoms with Gasteiger partial charge in [-0.05, 0) is 47.0 Å². The minimum atomic E-state index is -0.325. The third-order valence-electron chi connectivity index (χ3n) is 8.43. The number of ether oxygens (including phenoxy) is 1. The number of hydrogen-bond acceptors (Lipinski definition) is 3. The molecule has 0 aliphatic rings. The van der Waals surface area contributed by atoms with Crippen LogP contribution in [0.15, 0.2) is 152 Å². The van der Waals surface area contributed by atoms with Gasteiger partial charge in [-0.2, -0.15) is 0 Å². The van der Waals surface area contributed by atoms with E-state index in [1.807, 2.05) is 55.6 Å². The van der Waals surface area contributed by atoms with Crippen LogP contribution in [0.2, 0.25) is 0 Å². The lowest BCUT2D eigenvalue weighted by Crippen LogP contribution is -2.26. The fourth-order valence-electron chi connectivity index (χ4n) is 6.07. The standard InChI is InChI=1S/C25H24N2O2.C17H18N2/c1-26(25(28)29-19-21-12-6-3-7-13-21)17-22-18-27(16-20-10-4-2-5-11-20)24-15-9-8-14-23(22)24;1-18-11-15-13-19(12-14-7-3-2-4-8-14)17-10-6-5-9-16(15)17/h2-15,18H,16-17,19H2,1H3;2-10,13,18H,11-12H2,1H3. The number of nitrogens with zero attached hydrogens (tertiary/aromatic N) is 3. The molecule has 5 aromatic carbocycles. The molecule has 7 rings (SSSR count). The number of nitrogens with one attached hydrogen (secondary N) is 1. The van der Waals surface area contributed by atoms with E-state index in [-0.39, 0.29) is 12.7 Å². The lowest BCUT2D eigenvalue weighted by molar-refractivity contribution is 0.103. The Labute approximate surface area is 282 Å². The number of carbonyl (C=O) groups is 1. The van der Waals surface area contributed by atoms with Crippen LogP contribution in [0, 0.1) is 0 Å². The summed E-state index contributed by atoms with van der Waals surface area (Å²) in [6.07, 6.45) is 4.07. The molecule has 0 saturated heterocycles. The van der Waals surface area contributed by atoms with Crippen molar-refractivity contribution in [2.45, 2.75) is 32.8 Å². The molecule has 0 bridgehead atoms. The second-order valence-electron chi connectivity index (χ2n) is 12.0. The van der Waals surface area contributed by atoms with E-state index in [1.165, 1.54) is 27.6 Å². The largest absolute Gasteiger partial charge is 0.445 e. The Kier molecular flexibility index (Phi) is 10.7. The van der Waals surface area contributed by atoms with E-state index in [4.69, 9.17) is 4.74 Å². The molecule has 7 aromatic rings. The molecular formula is C42H42N4O2. The van der Waals surface area contributed by atoms with Crippen LogP contribution in [-0.2, 0) is 37.5 Å². The van der Waals surface area contributed by atoms with Crippen LogP contribution >= 0.6 is 0 Å². The van der Waals surface area contributed by atoms with Crippen LogP contribution in [0.1, 0.15) is 27.8 Å². The number of aromatic nitrogens is 2. The highest BCUT2D eigenvalue weighted by atomic mass is 16.6. The van der Waals surface area contributed by atoms with Crippen LogP contribution in [0.3, 0.4) is 0 Å². The molecule has 0 saturated carbocycles. The molecule has 6 heteroatoms. The Morgan fingerprint density at radius 1 is 0.604 bits per heavy atom. The Morgan fingerprint density at radius 3 is 1.56 bits per heavy atom. The maximum Gasteiger partial charge on any atom is 0.410 e. The molecule has 0 aliphatic heterocycles. The van der Waals surface area contributed by atoms with Gasteiger partial charge >= 0.3 is 6.09 Å². The summed E-state index contributed by atoms with van der Waals surface area (Å²) in [7, 11) is 3.76. The lowest BCUT2D eigenvalue weighted by Gasteiger charge is -2.16. The average Bonchev–Trinajstić information content (AvgIpc) is 3.66. The summed E-state index contributed by atoms with van der Waals surface area (Å²) in [5, 5.41) is 5.74. The van der Waals surface area contributed by atoms with Gasteiger partial charge in [0.1, 0.15) is 6.61 Å². The maximum absolute atomic E-state index is 12.5. The normalized spacial score (nSPS) is 10.9. The maximum atomic E-state index is 12.5. The quantitative estimate of drug-likeness (QED) is 0.164. The lowest BCUT2D eigenvalue weighted by atomic mass is 10.1. The summed E-state index contributed by atoms with van der Waals surface area (Å²) in [5.41, 5.74) is 8.49. The zero-order chi connectivity index (χ0) is 33.1. The van der Waals surface area contributed by atoms with Gasteiger partial charge in [-0.3, -0.25) is 0 Å². The van der Waals surface area contributed by atoms with Gasteiger partial charge in [0.05, 0.1) is 6.54 Å². The highest BCUT2D eigenvalue weighted by Crippen LogP contribution is 2.24. The molecule has 0 spiro atoms. The molecule has 2 aromatic heterocycles. The summed E-state index contributed by atoms with van der Waals surface area (Å²) >= 11 is 0. The molecule has 242 valence electrons. The minimum absolute atomic E-state index is 0.278. The van der Waals surface area contributed by atoms with Crippen LogP contribution in [-0.4, -0.2) is 34.2 Å². The molecule has 0 radical (unpaired) electrons. The highest BCUT2D eigenvalue weighted by molar-refractivity contribution is 5.85. The fourth-order valence-corrected chi connectivity index (χ4v) is 6.07. The van der Waals surface area contributed by atoms with E-state index in [2.05, 4.69) is 118 Å². The second-order valence-corrected chi connectivity index (χ2v) is 12.0. The van der Waals surface area contributed by atoms with Crippen molar-refractivity contribution >= 4 is 27.9 Å². The molecule has 6 nitrogen and oxygen atoms in total. The third-order valence-corrected chi connectivity index (χ3v) is 8.43. The van der Waals surface area contributed by atoms with Crippen molar-refractivity contribution in [3.8, 4) is 0 Å². The number of carbonyl (C=O) groups excluding carboxylic acids is 1. The van der Waals surface area contributed by atoms with Gasteiger partial charge < -0.3 is 24.1 Å². The van der Waals surface area contributed by atoms with Crippen LogP contribution in [0.4, 0.5) is 4.79 Å². The van der Waals surface area contributed by atoms with Crippen LogP contribution in [0.25, 0.3) is 21.8 Å². The van der Waals surface area contributed by atoms with Crippen molar-refractivity contribution in [3.05, 3.63) is 180 Å². The van der Waals surface area contributed by atoms with Crippen molar-refractivity contribution in [1.82, 2.24) is 19.4 Å². The molecule has 0 fully saturated rings. The number of rotatable bonds is 10. The molecule has 1 amide bonds. The Morgan fingerprint density at radius 2 is 1.04 bits per heavy atom. The first-order chi connectivity index (χ1) is 23.6. The predicted molar refractivity (Wildman–Crippen MR) is 196 cm³/mol. The van der Waals surface area contributed by atoms with Gasteiger partial charge in [-0.1, -0.05) is 127 Å². The summed E-state index contributed by atoms with van der Waals surface area (Å²) in [6, 6.07) is 47.6. The number of amides is 1. The average molecular weight is 635 g/mol. The number of hydrogen-bond donors (Lipinski definition) is 1. The summed E-state index contributed by atoms with van der Waals surface area (Å²) < 4.78 is 10.0. The zero-order valence-corrected chi connectivity index (χ0v) is 27.6. The third kappa shape index (κ3) is 8.03. The van der Waals surface area contributed by atoms with Crippen molar-refractivity contribution < 1.29 is 9.53 Å². The van der Waals surface area contributed by atoms with Gasteiger partial charge in [-0.15, -0.1) is 0 Å². The highest BCUT2D eigenvalue weighted by Gasteiger charge is 2.15. The van der Waals surface area contributed by atoms with Gasteiger partial charge in [0.15, 0.2) is 0 Å². The van der Waals surface area contributed by atoms with Crippen molar-refractivity contribution in [2.75, 3.05) is 14.1 Å². The van der Waals surface area contributed by atoms with Crippen molar-refractivity contribution in [2.24, 2.45) is 0 Å². The number of fused-ring (bicyclic) bond motifs is 2. The number of benzene rings is 5. The fraction of sp³-hybridized carbons (Fsp3) is 0.167. The first-order valence-corrected chi connectivity index (χ1v) is 16.4. The molecule has 0 aliphatic carbocycles. The number of para-hydroxylation sites is 2. The SMILES string of the molecule is CN(Cc1cn(Cc2ccccc2)c2ccccc12)C(=O)OCc1ccccc1.CNCc1cn(Cc2ccccc2)c2ccccc12. The van der Waals surface area contributed by atoms with Gasteiger partial charge in [0.2, 0.25) is 0 Å². The van der Waals surface area contributed by atoms with Gasteiger partial charge in [0.25, 0.3) is 0 Å². The Bertz CT molecular complexity index is 2050. The van der Waals surface area contributed by atoms with E-state index < -0.39 is 0 Å². The summed E-state index contributed by atoms with van der Waals surface area (Å²) in [5.74, 6) is 0. The zero-order valence-electron chi connectivity index (χ0n) is 27.6. The summed E-state index contributed by atoms with van der Waals surface area (Å²) in [4.78, 5) is 14.1. The van der Waals surface area contributed by atoms with E-state index in [9.17, 15) is 4.79 Å². The Balaban J connectivity index is 0.000000182. The Hall–Kier alpha value is -5.59. The van der Waals surface area contributed by atoms with Crippen molar-refractivity contribution in [1.29, 1.82) is 0 Å². The van der Waals surface area contributed by atoms with Gasteiger partial charge in [-0.25, -0.2) is 4.79 Å². The summed E-state index contributed by atoms with van der Waals surface area (Å²) in [6.45, 7) is 3.40. The van der Waals surface area contributed by atoms with E-state index >= 15 is 0 Å². The van der Waals surface area contributed by atoms with E-state index in [1.54, 1.807) is 11.9 Å². The molecule has 48 heavy (non-hydrogen) atoms. The van der Waals surface area contributed by atoms with Crippen LogP contribution in [0.5, 0.6) is 0 Å². The topological polar surface area (TPSA) is 51.4 Å². The van der Waals surface area contributed by atoms with Crippen molar-refractivity contribution in [3.63, 3.8) is 0 Å². The first kappa shape index (κ1) is 32.4. The van der Waals surface area contributed by atoms with Gasteiger partial charge in [0, 0.05) is 60.9 Å². The monoisotopic (exact) mass is 634 g/mol. The molecule has 0 atom stereocenters. The molecular weight excluding hydrogens is 592 g/mol.